The lowest BCUT2D eigenvalue weighted by atomic mass is 10.2. The van der Waals surface area contributed by atoms with Crippen LogP contribution in [-0.4, -0.2) is 38.9 Å². The summed E-state index contributed by atoms with van der Waals surface area (Å²) in [5, 5.41) is 2.70. The summed E-state index contributed by atoms with van der Waals surface area (Å²) >= 11 is 0. The smallest absolute Gasteiger partial charge is 0.412 e. The highest BCUT2D eigenvalue weighted by Gasteiger charge is 2.19. The third kappa shape index (κ3) is 4.54. The molecule has 0 saturated carbocycles. The zero-order valence-corrected chi connectivity index (χ0v) is 19.2. The number of anilines is 1. The molecular weight excluding hydrogens is 436 g/mol. The van der Waals surface area contributed by atoms with E-state index in [0.29, 0.717) is 33.7 Å². The Hall–Kier alpha value is -4.40. The predicted octanol–water partition coefficient (Wildman–Crippen LogP) is 4.31. The van der Waals surface area contributed by atoms with Crippen molar-refractivity contribution < 1.29 is 19.1 Å². The van der Waals surface area contributed by atoms with Crippen molar-refractivity contribution in [3.63, 3.8) is 0 Å². The molecule has 0 saturated heterocycles. The molecule has 0 spiro atoms. The van der Waals surface area contributed by atoms with Gasteiger partial charge >= 0.3 is 17.8 Å². The fourth-order valence-corrected chi connectivity index (χ4v) is 3.55. The van der Waals surface area contributed by atoms with Crippen molar-refractivity contribution >= 4 is 28.8 Å². The highest BCUT2D eigenvalue weighted by molar-refractivity contribution is 5.89. The Morgan fingerprint density at radius 1 is 0.941 bits per heavy atom. The van der Waals surface area contributed by atoms with Crippen LogP contribution in [0.15, 0.2) is 71.8 Å². The van der Waals surface area contributed by atoms with Crippen molar-refractivity contribution in [1.29, 1.82) is 0 Å². The van der Waals surface area contributed by atoms with E-state index in [1.54, 1.807) is 87.8 Å². The Kier molecular flexibility index (Phi) is 5.93. The maximum Gasteiger partial charge on any atom is 0.412 e. The number of carbonyl (C=O) groups excluding carboxylic acids is 2. The lowest BCUT2D eigenvalue weighted by molar-refractivity contribution is 0.0598. The van der Waals surface area contributed by atoms with Crippen molar-refractivity contribution in [2.45, 2.75) is 26.4 Å². The molecule has 0 aliphatic rings. The molecule has 2 aromatic carbocycles. The molecule has 0 fully saturated rings. The zero-order valence-electron chi connectivity index (χ0n) is 19.2. The van der Waals surface area contributed by atoms with E-state index in [-0.39, 0.29) is 5.69 Å². The molecule has 1 amide bonds. The maximum absolute atomic E-state index is 13.6. The van der Waals surface area contributed by atoms with Gasteiger partial charge in [0.05, 0.1) is 41.3 Å². The molecule has 34 heavy (non-hydrogen) atoms. The number of methoxy groups -OCH3 is 1. The quantitative estimate of drug-likeness (QED) is 0.455. The molecule has 0 atom stereocenters. The van der Waals surface area contributed by atoms with Gasteiger partial charge in [-0.25, -0.2) is 14.4 Å². The van der Waals surface area contributed by atoms with Crippen molar-refractivity contribution in [2.24, 2.45) is 0 Å². The van der Waals surface area contributed by atoms with Crippen molar-refractivity contribution in [1.82, 2.24) is 14.1 Å². The molecule has 1 N–H and O–H groups in total. The molecule has 0 aliphatic carbocycles. The van der Waals surface area contributed by atoms with Gasteiger partial charge in [-0.1, -0.05) is 6.07 Å². The van der Waals surface area contributed by atoms with Gasteiger partial charge in [0.15, 0.2) is 0 Å². The number of imidazole rings is 1. The number of aromatic nitrogens is 3. The van der Waals surface area contributed by atoms with Crippen molar-refractivity contribution in [3.8, 4) is 11.4 Å². The van der Waals surface area contributed by atoms with Gasteiger partial charge in [-0.15, -0.1) is 0 Å². The third-order valence-corrected chi connectivity index (χ3v) is 4.94. The monoisotopic (exact) mass is 460 g/mol. The van der Waals surface area contributed by atoms with E-state index in [1.807, 2.05) is 0 Å². The number of fused-ring (bicyclic) bond motifs is 1. The molecule has 0 aliphatic heterocycles. The van der Waals surface area contributed by atoms with Crippen LogP contribution >= 0.6 is 0 Å². The lowest BCUT2D eigenvalue weighted by Gasteiger charge is -2.19. The van der Waals surface area contributed by atoms with Crippen LogP contribution in [0.5, 0.6) is 0 Å². The average molecular weight is 460 g/mol. The first-order chi connectivity index (χ1) is 16.2. The van der Waals surface area contributed by atoms with Crippen LogP contribution in [0.1, 0.15) is 31.1 Å². The van der Waals surface area contributed by atoms with Gasteiger partial charge in [-0.05, 0) is 69.3 Å². The lowest BCUT2D eigenvalue weighted by Crippen LogP contribution is -2.27. The standard InChI is InChI=1S/C25H24N4O5/c1-25(2,3)34-23(31)27-17-6-5-7-19(14-17)29-20-12-13-26-15-21(20)28(24(29)32)18-10-8-16(9-11-18)22(30)33-4/h5-15H,1-4H3,(H,27,31). The highest BCUT2D eigenvalue weighted by Crippen LogP contribution is 2.22. The number of pyridine rings is 1. The number of hydrogen-bond donors (Lipinski definition) is 1. The fraction of sp³-hybridized carbons (Fsp3) is 0.200. The molecule has 2 heterocycles. The second-order valence-corrected chi connectivity index (χ2v) is 8.53. The number of ether oxygens (including phenoxy) is 2. The van der Waals surface area contributed by atoms with E-state index in [9.17, 15) is 14.4 Å². The third-order valence-electron chi connectivity index (χ3n) is 4.94. The number of carbonyl (C=O) groups is 2. The van der Waals surface area contributed by atoms with Gasteiger partial charge in [-0.3, -0.25) is 19.4 Å². The van der Waals surface area contributed by atoms with Crippen molar-refractivity contribution in [3.05, 3.63) is 83.0 Å². The maximum atomic E-state index is 13.6. The van der Waals surface area contributed by atoms with Crippen LogP contribution in [0.2, 0.25) is 0 Å². The number of rotatable bonds is 4. The fourth-order valence-electron chi connectivity index (χ4n) is 3.55. The molecule has 4 rings (SSSR count). The number of benzene rings is 2. The molecule has 9 heteroatoms. The first-order valence-corrected chi connectivity index (χ1v) is 10.5. The second kappa shape index (κ2) is 8.86. The molecule has 0 unspecified atom stereocenters. The van der Waals surface area contributed by atoms with E-state index in [0.717, 1.165) is 0 Å². The van der Waals surface area contributed by atoms with Gasteiger partial charge in [0.2, 0.25) is 0 Å². The molecule has 4 aromatic rings. The van der Waals surface area contributed by atoms with Gasteiger partial charge in [0.1, 0.15) is 5.60 Å². The summed E-state index contributed by atoms with van der Waals surface area (Å²) in [6, 6.07) is 15.2. The van der Waals surface area contributed by atoms with E-state index in [2.05, 4.69) is 10.3 Å². The Morgan fingerprint density at radius 3 is 2.32 bits per heavy atom. The molecule has 2 aromatic heterocycles. The molecule has 0 bridgehead atoms. The normalized spacial score (nSPS) is 11.3. The molecule has 174 valence electrons. The number of esters is 1. The van der Waals surface area contributed by atoms with Gasteiger partial charge < -0.3 is 9.47 Å². The number of nitrogens with one attached hydrogen (secondary N) is 1. The summed E-state index contributed by atoms with van der Waals surface area (Å²) in [5.74, 6) is -0.461. The first-order valence-electron chi connectivity index (χ1n) is 10.5. The summed E-state index contributed by atoms with van der Waals surface area (Å²) in [6.07, 6.45) is 2.62. The van der Waals surface area contributed by atoms with Crippen LogP contribution in [0, 0.1) is 0 Å². The van der Waals surface area contributed by atoms with Crippen LogP contribution in [0.3, 0.4) is 0 Å². The summed E-state index contributed by atoms with van der Waals surface area (Å²) in [5.41, 5.74) is 2.23. The Labute approximate surface area is 195 Å². The number of nitrogens with zero attached hydrogens (tertiary/aromatic N) is 3. The summed E-state index contributed by atoms with van der Waals surface area (Å²) in [4.78, 5) is 41.7. The minimum Gasteiger partial charge on any atom is -0.465 e. The van der Waals surface area contributed by atoms with E-state index in [4.69, 9.17) is 9.47 Å². The first kappa shape index (κ1) is 22.8. The summed E-state index contributed by atoms with van der Waals surface area (Å²) < 4.78 is 13.1. The van der Waals surface area contributed by atoms with Crippen LogP contribution in [0.4, 0.5) is 10.5 Å². The van der Waals surface area contributed by atoms with Crippen LogP contribution < -0.4 is 11.0 Å². The van der Waals surface area contributed by atoms with Gasteiger partial charge in [0.25, 0.3) is 0 Å². The second-order valence-electron chi connectivity index (χ2n) is 8.53. The zero-order chi connectivity index (χ0) is 24.5. The highest BCUT2D eigenvalue weighted by atomic mass is 16.6. The Morgan fingerprint density at radius 2 is 1.65 bits per heavy atom. The largest absolute Gasteiger partial charge is 0.465 e. The van der Waals surface area contributed by atoms with Gasteiger partial charge in [-0.2, -0.15) is 0 Å². The minimum atomic E-state index is -0.636. The predicted molar refractivity (Wildman–Crippen MR) is 128 cm³/mol. The van der Waals surface area contributed by atoms with E-state index >= 15 is 0 Å². The topological polar surface area (TPSA) is 104 Å². The number of amides is 1. The Balaban J connectivity index is 1.78. The summed E-state index contributed by atoms with van der Waals surface area (Å²) in [6.45, 7) is 5.34. The van der Waals surface area contributed by atoms with Gasteiger partial charge in [0, 0.05) is 11.9 Å². The Bertz CT molecular complexity index is 1430. The minimum absolute atomic E-state index is 0.330. The molecule has 0 radical (unpaired) electrons. The SMILES string of the molecule is COC(=O)c1ccc(-n2c(=O)n(-c3cccc(NC(=O)OC(C)(C)C)c3)c3ccncc32)cc1. The molecule has 9 nitrogen and oxygen atoms in total. The summed E-state index contributed by atoms with van der Waals surface area (Å²) in [7, 11) is 1.31. The molecular formula is C25H24N4O5. The van der Waals surface area contributed by atoms with Crippen molar-refractivity contribution in [2.75, 3.05) is 12.4 Å². The van der Waals surface area contributed by atoms with Crippen LogP contribution in [0.25, 0.3) is 22.4 Å². The van der Waals surface area contributed by atoms with Crippen LogP contribution in [-0.2, 0) is 9.47 Å². The number of hydrogen-bond acceptors (Lipinski definition) is 6. The van der Waals surface area contributed by atoms with E-state index < -0.39 is 17.7 Å². The average Bonchev–Trinajstić information content (AvgIpc) is 3.09. The van der Waals surface area contributed by atoms with E-state index in [1.165, 1.54) is 16.2 Å².